The number of aliphatic hydroxyl groups is 1. The Bertz CT molecular complexity index is 347. The van der Waals surface area contributed by atoms with Gasteiger partial charge in [-0.1, -0.05) is 25.3 Å². The van der Waals surface area contributed by atoms with Gasteiger partial charge < -0.3 is 5.11 Å². The van der Waals surface area contributed by atoms with Crippen LogP contribution in [0.2, 0.25) is 0 Å². The minimum Gasteiger partial charge on any atom is -0.388 e. The number of halogens is 2. The molecule has 0 radical (unpaired) electrons. The lowest BCUT2D eigenvalue weighted by atomic mass is 9.80. The second kappa shape index (κ2) is 4.27. The molecule has 0 amide bonds. The van der Waals surface area contributed by atoms with E-state index in [0.29, 0.717) is 17.9 Å². The summed E-state index contributed by atoms with van der Waals surface area (Å²) in [4.78, 5) is 0. The van der Waals surface area contributed by atoms with E-state index in [4.69, 9.17) is 0 Å². The van der Waals surface area contributed by atoms with Crippen LogP contribution in [0.1, 0.15) is 37.4 Å². The van der Waals surface area contributed by atoms with Crippen LogP contribution in [0.15, 0.2) is 18.2 Å². The Morgan fingerprint density at radius 3 is 2.53 bits per heavy atom. The second-order valence-electron chi connectivity index (χ2n) is 4.22. The van der Waals surface area contributed by atoms with Gasteiger partial charge in [0.25, 0.3) is 0 Å². The van der Waals surface area contributed by atoms with E-state index in [1.54, 1.807) is 0 Å². The van der Waals surface area contributed by atoms with Gasteiger partial charge in [-0.05, 0) is 30.0 Å². The predicted octanol–water partition coefficient (Wildman–Crippen LogP) is 3.19. The lowest BCUT2D eigenvalue weighted by molar-refractivity contribution is 0.118. The number of hydrogen-bond acceptors (Lipinski definition) is 1. The summed E-state index contributed by atoms with van der Waals surface area (Å²) in [6.07, 6.45) is 3.49. The van der Waals surface area contributed by atoms with Crippen LogP contribution in [-0.4, -0.2) is 5.11 Å². The summed E-state index contributed by atoms with van der Waals surface area (Å²) >= 11 is 0. The van der Waals surface area contributed by atoms with Gasteiger partial charge in [0.05, 0.1) is 6.10 Å². The minimum atomic E-state index is -0.889. The Labute approximate surface area is 87.7 Å². The quantitative estimate of drug-likeness (QED) is 0.815. The van der Waals surface area contributed by atoms with Gasteiger partial charge in [0.15, 0.2) is 11.6 Å². The number of benzene rings is 1. The fourth-order valence-corrected chi connectivity index (χ4v) is 1.90. The first-order chi connectivity index (χ1) is 7.16. The van der Waals surface area contributed by atoms with Crippen LogP contribution in [0.25, 0.3) is 0 Å². The van der Waals surface area contributed by atoms with Crippen LogP contribution in [-0.2, 0) is 0 Å². The molecular weight excluding hydrogens is 198 g/mol. The average Bonchev–Trinajstić information content (AvgIpc) is 2.15. The molecule has 1 fully saturated rings. The van der Waals surface area contributed by atoms with Crippen LogP contribution in [0.3, 0.4) is 0 Å². The number of aliphatic hydroxyl groups excluding tert-OH is 1. The van der Waals surface area contributed by atoms with E-state index in [9.17, 15) is 13.9 Å². The molecule has 0 spiro atoms. The summed E-state index contributed by atoms with van der Waals surface area (Å²) in [7, 11) is 0. The minimum absolute atomic E-state index is 0.473. The Kier molecular flexibility index (Phi) is 3.00. The van der Waals surface area contributed by atoms with E-state index in [1.807, 2.05) is 0 Å². The first-order valence-corrected chi connectivity index (χ1v) is 5.30. The van der Waals surface area contributed by atoms with Crippen molar-refractivity contribution in [1.82, 2.24) is 0 Å². The molecule has 1 aliphatic rings. The predicted molar refractivity (Wildman–Crippen MR) is 53.3 cm³/mol. The van der Waals surface area contributed by atoms with E-state index in [0.717, 1.165) is 25.0 Å². The molecule has 1 aromatic rings. The molecule has 15 heavy (non-hydrogen) atoms. The van der Waals surface area contributed by atoms with Crippen LogP contribution in [0.5, 0.6) is 0 Å². The maximum Gasteiger partial charge on any atom is 0.159 e. The molecule has 1 unspecified atom stereocenters. The molecule has 3 heteroatoms. The molecule has 0 aromatic heterocycles. The fraction of sp³-hybridized carbons (Fsp3) is 0.500. The number of rotatable bonds is 3. The molecule has 1 nitrogen and oxygen atoms in total. The molecule has 1 atom stereocenters. The van der Waals surface area contributed by atoms with Crippen molar-refractivity contribution in [3.63, 3.8) is 0 Å². The van der Waals surface area contributed by atoms with Gasteiger partial charge in [-0.3, -0.25) is 0 Å². The zero-order valence-corrected chi connectivity index (χ0v) is 8.42. The van der Waals surface area contributed by atoms with E-state index in [2.05, 4.69) is 0 Å². The van der Waals surface area contributed by atoms with Crippen molar-refractivity contribution in [1.29, 1.82) is 0 Å². The number of hydrogen-bond donors (Lipinski definition) is 1. The third-order valence-electron chi connectivity index (χ3n) is 3.11. The fourth-order valence-electron chi connectivity index (χ4n) is 1.90. The zero-order valence-electron chi connectivity index (χ0n) is 8.42. The molecule has 2 rings (SSSR count). The maximum absolute atomic E-state index is 12.9. The van der Waals surface area contributed by atoms with Gasteiger partial charge in [0.1, 0.15) is 0 Å². The van der Waals surface area contributed by atoms with Crippen molar-refractivity contribution >= 4 is 0 Å². The van der Waals surface area contributed by atoms with Gasteiger partial charge in [0, 0.05) is 0 Å². The lowest BCUT2D eigenvalue weighted by Gasteiger charge is -2.27. The average molecular weight is 212 g/mol. The first-order valence-electron chi connectivity index (χ1n) is 5.30. The normalized spacial score (nSPS) is 18.6. The first kappa shape index (κ1) is 10.6. The molecule has 0 bridgehead atoms. The SMILES string of the molecule is OC(CC1CCC1)c1ccc(F)c(F)c1. The monoisotopic (exact) mass is 212 g/mol. The Morgan fingerprint density at radius 1 is 1.27 bits per heavy atom. The highest BCUT2D eigenvalue weighted by Gasteiger charge is 2.22. The largest absolute Gasteiger partial charge is 0.388 e. The van der Waals surface area contributed by atoms with E-state index >= 15 is 0 Å². The van der Waals surface area contributed by atoms with Gasteiger partial charge in [-0.2, -0.15) is 0 Å². The molecule has 1 saturated carbocycles. The molecule has 1 N–H and O–H groups in total. The van der Waals surface area contributed by atoms with Crippen molar-refractivity contribution in [2.45, 2.75) is 31.8 Å². The molecule has 0 heterocycles. The molecule has 82 valence electrons. The van der Waals surface area contributed by atoms with E-state index in [1.165, 1.54) is 12.5 Å². The van der Waals surface area contributed by atoms with E-state index < -0.39 is 17.7 Å². The van der Waals surface area contributed by atoms with Gasteiger partial charge in [-0.25, -0.2) is 8.78 Å². The van der Waals surface area contributed by atoms with Crippen LogP contribution in [0, 0.1) is 17.6 Å². The highest BCUT2D eigenvalue weighted by Crippen LogP contribution is 2.34. The standard InChI is InChI=1S/C12H14F2O/c13-10-5-4-9(7-11(10)14)12(15)6-8-2-1-3-8/h4-5,7-8,12,15H,1-3,6H2. The smallest absolute Gasteiger partial charge is 0.159 e. The lowest BCUT2D eigenvalue weighted by Crippen LogP contribution is -2.15. The summed E-state index contributed by atoms with van der Waals surface area (Å²) < 4.78 is 25.5. The highest BCUT2D eigenvalue weighted by atomic mass is 19.2. The third kappa shape index (κ3) is 2.34. The topological polar surface area (TPSA) is 20.2 Å². The molecule has 1 aromatic carbocycles. The Balaban J connectivity index is 2.03. The van der Waals surface area contributed by atoms with Crippen molar-refractivity contribution in [3.8, 4) is 0 Å². The van der Waals surface area contributed by atoms with Crippen molar-refractivity contribution in [3.05, 3.63) is 35.4 Å². The summed E-state index contributed by atoms with van der Waals surface area (Å²) in [5.41, 5.74) is 0.473. The highest BCUT2D eigenvalue weighted by molar-refractivity contribution is 5.20. The molecule has 0 saturated heterocycles. The Hall–Kier alpha value is -0.960. The second-order valence-corrected chi connectivity index (χ2v) is 4.22. The van der Waals surface area contributed by atoms with Gasteiger partial charge in [-0.15, -0.1) is 0 Å². The third-order valence-corrected chi connectivity index (χ3v) is 3.11. The van der Waals surface area contributed by atoms with Gasteiger partial charge in [0.2, 0.25) is 0 Å². The summed E-state index contributed by atoms with van der Waals surface area (Å²) in [6.45, 7) is 0. The molecule has 1 aliphatic carbocycles. The van der Waals surface area contributed by atoms with Crippen molar-refractivity contribution in [2.75, 3.05) is 0 Å². The summed E-state index contributed by atoms with van der Waals surface area (Å²) in [5.74, 6) is -1.21. The van der Waals surface area contributed by atoms with Gasteiger partial charge >= 0.3 is 0 Å². The zero-order chi connectivity index (χ0) is 10.8. The van der Waals surface area contributed by atoms with Crippen LogP contribution in [0.4, 0.5) is 8.78 Å². The van der Waals surface area contributed by atoms with Crippen molar-refractivity contribution < 1.29 is 13.9 Å². The van der Waals surface area contributed by atoms with Crippen molar-refractivity contribution in [2.24, 2.45) is 5.92 Å². The van der Waals surface area contributed by atoms with Crippen LogP contribution >= 0.6 is 0 Å². The van der Waals surface area contributed by atoms with E-state index in [-0.39, 0.29) is 0 Å². The molecule has 0 aliphatic heterocycles. The molecular formula is C12H14F2O. The summed E-state index contributed by atoms with van der Waals surface area (Å²) in [5, 5.41) is 9.78. The van der Waals surface area contributed by atoms with Crippen LogP contribution < -0.4 is 0 Å². The Morgan fingerprint density at radius 2 is 2.00 bits per heavy atom. The summed E-state index contributed by atoms with van der Waals surface area (Å²) in [6, 6.07) is 3.59. The maximum atomic E-state index is 12.9.